The van der Waals surface area contributed by atoms with Gasteiger partial charge in [-0.2, -0.15) is 0 Å². The predicted molar refractivity (Wildman–Crippen MR) is 60.9 cm³/mol. The summed E-state index contributed by atoms with van der Waals surface area (Å²) in [5.74, 6) is 0.690. The summed E-state index contributed by atoms with van der Waals surface area (Å²) in [5.41, 5.74) is 2.93. The first kappa shape index (κ1) is 9.07. The summed E-state index contributed by atoms with van der Waals surface area (Å²) in [6.07, 6.45) is 0. The molecule has 0 amide bonds. The van der Waals surface area contributed by atoms with E-state index < -0.39 is 0 Å². The maximum atomic E-state index is 3.49. The smallest absolute Gasteiger partial charge is 0.0402 e. The van der Waals surface area contributed by atoms with Crippen LogP contribution in [0.2, 0.25) is 0 Å². The van der Waals surface area contributed by atoms with Crippen LogP contribution in [0.3, 0.4) is 0 Å². The van der Waals surface area contributed by atoms with Crippen LogP contribution in [0.5, 0.6) is 0 Å². The summed E-state index contributed by atoms with van der Waals surface area (Å²) >= 11 is 3.49. The van der Waals surface area contributed by atoms with Crippen molar-refractivity contribution >= 4 is 21.6 Å². The molecule has 70 valence electrons. The number of hydrogen-bond donors (Lipinski definition) is 0. The Bertz CT molecular complexity index is 298. The number of halogens is 1. The topological polar surface area (TPSA) is 3.24 Å². The van der Waals surface area contributed by atoms with E-state index in [0.29, 0.717) is 5.92 Å². The Labute approximate surface area is 87.9 Å². The standard InChI is InChI=1S/C11H14BrN/c1-9-8-13(7-6-12)11-5-3-2-4-10(9)11/h2-5,9H,6-8H2,1H3. The lowest BCUT2D eigenvalue weighted by molar-refractivity contribution is 0.766. The first-order valence-electron chi connectivity index (χ1n) is 4.72. The first-order valence-corrected chi connectivity index (χ1v) is 5.85. The molecule has 0 saturated carbocycles. The van der Waals surface area contributed by atoms with Crippen molar-refractivity contribution in [2.45, 2.75) is 12.8 Å². The zero-order chi connectivity index (χ0) is 9.26. The lowest BCUT2D eigenvalue weighted by atomic mass is 10.0. The lowest BCUT2D eigenvalue weighted by Crippen LogP contribution is -2.23. The molecule has 1 atom stereocenters. The van der Waals surface area contributed by atoms with Crippen LogP contribution in [0.25, 0.3) is 0 Å². The van der Waals surface area contributed by atoms with Crippen molar-refractivity contribution in [2.24, 2.45) is 0 Å². The Balaban J connectivity index is 2.30. The average molecular weight is 240 g/mol. The molecule has 0 aliphatic carbocycles. The molecule has 1 unspecified atom stereocenters. The van der Waals surface area contributed by atoms with Gasteiger partial charge in [0, 0.05) is 30.0 Å². The van der Waals surface area contributed by atoms with Gasteiger partial charge in [0.15, 0.2) is 0 Å². The van der Waals surface area contributed by atoms with Gasteiger partial charge in [0.05, 0.1) is 0 Å². The van der Waals surface area contributed by atoms with Crippen molar-refractivity contribution < 1.29 is 0 Å². The fourth-order valence-corrected chi connectivity index (χ4v) is 2.46. The predicted octanol–water partition coefficient (Wildman–Crippen LogP) is 3.01. The summed E-state index contributed by atoms with van der Waals surface area (Å²) in [6.45, 7) is 4.58. The van der Waals surface area contributed by atoms with Crippen molar-refractivity contribution in [2.75, 3.05) is 23.3 Å². The number of fused-ring (bicyclic) bond motifs is 1. The van der Waals surface area contributed by atoms with Crippen molar-refractivity contribution in [3.8, 4) is 0 Å². The second-order valence-electron chi connectivity index (χ2n) is 3.59. The summed E-state index contributed by atoms with van der Waals surface area (Å²) in [5, 5.41) is 1.05. The third-order valence-corrected chi connectivity index (χ3v) is 3.01. The van der Waals surface area contributed by atoms with Crippen LogP contribution in [-0.2, 0) is 0 Å². The fraction of sp³-hybridized carbons (Fsp3) is 0.455. The van der Waals surface area contributed by atoms with E-state index in [0.717, 1.165) is 11.9 Å². The molecule has 0 N–H and O–H groups in total. The number of alkyl halides is 1. The van der Waals surface area contributed by atoms with E-state index in [1.165, 1.54) is 17.8 Å². The molecule has 0 radical (unpaired) electrons. The summed E-state index contributed by atoms with van der Waals surface area (Å²) in [7, 11) is 0. The second-order valence-corrected chi connectivity index (χ2v) is 4.39. The average Bonchev–Trinajstić information content (AvgIpc) is 2.46. The van der Waals surface area contributed by atoms with Crippen LogP contribution in [-0.4, -0.2) is 18.4 Å². The van der Waals surface area contributed by atoms with E-state index in [9.17, 15) is 0 Å². The van der Waals surface area contributed by atoms with Crippen LogP contribution in [0, 0.1) is 0 Å². The molecule has 1 aromatic rings. The van der Waals surface area contributed by atoms with Gasteiger partial charge in [0.2, 0.25) is 0 Å². The highest BCUT2D eigenvalue weighted by molar-refractivity contribution is 9.09. The Kier molecular flexibility index (Phi) is 2.58. The van der Waals surface area contributed by atoms with Gasteiger partial charge in [-0.05, 0) is 11.6 Å². The number of nitrogens with zero attached hydrogens (tertiary/aromatic N) is 1. The molecule has 0 aromatic heterocycles. The van der Waals surface area contributed by atoms with Gasteiger partial charge in [0.1, 0.15) is 0 Å². The van der Waals surface area contributed by atoms with Gasteiger partial charge >= 0.3 is 0 Å². The molecular weight excluding hydrogens is 226 g/mol. The SMILES string of the molecule is CC1CN(CCBr)c2ccccc21. The summed E-state index contributed by atoms with van der Waals surface area (Å²) in [4.78, 5) is 2.45. The van der Waals surface area contributed by atoms with Crippen LogP contribution in [0.15, 0.2) is 24.3 Å². The van der Waals surface area contributed by atoms with E-state index in [1.807, 2.05) is 0 Å². The molecule has 2 rings (SSSR count). The zero-order valence-electron chi connectivity index (χ0n) is 7.83. The van der Waals surface area contributed by atoms with Gasteiger partial charge < -0.3 is 4.90 Å². The van der Waals surface area contributed by atoms with Crippen molar-refractivity contribution in [3.63, 3.8) is 0 Å². The number of anilines is 1. The molecule has 13 heavy (non-hydrogen) atoms. The van der Waals surface area contributed by atoms with Crippen LogP contribution < -0.4 is 4.90 Å². The third kappa shape index (κ3) is 1.60. The van der Waals surface area contributed by atoms with E-state index in [-0.39, 0.29) is 0 Å². The van der Waals surface area contributed by atoms with E-state index in [1.54, 1.807) is 0 Å². The molecule has 0 saturated heterocycles. The van der Waals surface area contributed by atoms with Gasteiger partial charge in [-0.25, -0.2) is 0 Å². The highest BCUT2D eigenvalue weighted by Crippen LogP contribution is 2.35. The lowest BCUT2D eigenvalue weighted by Gasteiger charge is -2.17. The van der Waals surface area contributed by atoms with Gasteiger partial charge in [0.25, 0.3) is 0 Å². The fourth-order valence-electron chi connectivity index (χ4n) is 2.03. The van der Waals surface area contributed by atoms with Crippen LogP contribution in [0.1, 0.15) is 18.4 Å². The Hall–Kier alpha value is -0.500. The van der Waals surface area contributed by atoms with Crippen LogP contribution in [0.4, 0.5) is 5.69 Å². The minimum absolute atomic E-state index is 0.690. The third-order valence-electron chi connectivity index (χ3n) is 2.66. The number of benzene rings is 1. The molecule has 1 heterocycles. The number of para-hydroxylation sites is 1. The Morgan fingerprint density at radius 3 is 3.00 bits per heavy atom. The maximum absolute atomic E-state index is 3.49. The Morgan fingerprint density at radius 2 is 2.23 bits per heavy atom. The molecule has 0 fully saturated rings. The van der Waals surface area contributed by atoms with Crippen molar-refractivity contribution in [1.82, 2.24) is 0 Å². The van der Waals surface area contributed by atoms with Crippen molar-refractivity contribution in [3.05, 3.63) is 29.8 Å². The number of hydrogen-bond acceptors (Lipinski definition) is 1. The molecule has 1 aliphatic rings. The molecule has 0 bridgehead atoms. The largest absolute Gasteiger partial charge is 0.370 e. The minimum atomic E-state index is 0.690. The maximum Gasteiger partial charge on any atom is 0.0402 e. The number of rotatable bonds is 2. The second kappa shape index (κ2) is 3.70. The van der Waals surface area contributed by atoms with Crippen molar-refractivity contribution in [1.29, 1.82) is 0 Å². The monoisotopic (exact) mass is 239 g/mol. The molecule has 1 aromatic carbocycles. The molecular formula is C11H14BrN. The molecule has 0 spiro atoms. The zero-order valence-corrected chi connectivity index (χ0v) is 9.42. The van der Waals surface area contributed by atoms with E-state index >= 15 is 0 Å². The molecule has 1 nitrogen and oxygen atoms in total. The highest BCUT2D eigenvalue weighted by atomic mass is 79.9. The first-order chi connectivity index (χ1) is 6.33. The quantitative estimate of drug-likeness (QED) is 0.718. The van der Waals surface area contributed by atoms with Gasteiger partial charge in [-0.1, -0.05) is 41.1 Å². The summed E-state index contributed by atoms with van der Waals surface area (Å²) < 4.78 is 0. The molecule has 1 aliphatic heterocycles. The normalized spacial score (nSPS) is 20.5. The van der Waals surface area contributed by atoms with Crippen LogP contribution >= 0.6 is 15.9 Å². The van der Waals surface area contributed by atoms with Gasteiger partial charge in [-0.15, -0.1) is 0 Å². The molecule has 2 heteroatoms. The minimum Gasteiger partial charge on any atom is -0.370 e. The van der Waals surface area contributed by atoms with E-state index in [2.05, 4.69) is 52.0 Å². The van der Waals surface area contributed by atoms with Gasteiger partial charge in [-0.3, -0.25) is 0 Å². The van der Waals surface area contributed by atoms with E-state index in [4.69, 9.17) is 0 Å². The Morgan fingerprint density at radius 1 is 1.46 bits per heavy atom. The summed E-state index contributed by atoms with van der Waals surface area (Å²) in [6, 6.07) is 8.72. The highest BCUT2D eigenvalue weighted by Gasteiger charge is 2.23.